The van der Waals surface area contributed by atoms with Gasteiger partial charge >= 0.3 is 0 Å². The Morgan fingerprint density at radius 1 is 1.20 bits per heavy atom. The lowest BCUT2D eigenvalue weighted by Gasteiger charge is -2.20. The number of nitrogens with one attached hydrogen (secondary N) is 1. The van der Waals surface area contributed by atoms with Crippen molar-refractivity contribution in [3.63, 3.8) is 0 Å². The minimum absolute atomic E-state index is 0.245. The molecule has 0 bridgehead atoms. The zero-order valence-electron chi connectivity index (χ0n) is 10.8. The van der Waals surface area contributed by atoms with Gasteiger partial charge in [0.05, 0.1) is 11.1 Å². The molecule has 106 valence electrons. The second kappa shape index (κ2) is 6.90. The molecule has 0 saturated heterocycles. The molecule has 0 radical (unpaired) electrons. The van der Waals surface area contributed by atoms with Gasteiger partial charge in [-0.3, -0.25) is 0 Å². The van der Waals surface area contributed by atoms with E-state index in [2.05, 4.69) is 21.2 Å². The van der Waals surface area contributed by atoms with Gasteiger partial charge in [0.25, 0.3) is 0 Å². The summed E-state index contributed by atoms with van der Waals surface area (Å²) in [6, 6.07) is 10.0. The van der Waals surface area contributed by atoms with E-state index < -0.39 is 0 Å². The normalized spacial score (nSPS) is 12.4. The van der Waals surface area contributed by atoms with Crippen LogP contribution in [0.1, 0.15) is 24.1 Å². The molecule has 1 nitrogen and oxygen atoms in total. The first kappa shape index (κ1) is 15.8. The molecular formula is C15H13BrCl2FN. The molecule has 0 aliphatic rings. The summed E-state index contributed by atoms with van der Waals surface area (Å²) in [5.41, 5.74) is 1.50. The standard InChI is InChI=1S/C15H13BrCl2FN/c1-2-20-15(9-3-6-13(18)12(16)7-9)11-5-4-10(17)8-14(11)19/h3-8,15,20H,2H2,1H3. The summed E-state index contributed by atoms with van der Waals surface area (Å²) in [6.45, 7) is 2.69. The molecule has 2 aromatic rings. The summed E-state index contributed by atoms with van der Waals surface area (Å²) < 4.78 is 14.9. The van der Waals surface area contributed by atoms with Crippen LogP contribution in [0, 0.1) is 5.82 Å². The fraction of sp³-hybridized carbons (Fsp3) is 0.200. The third-order valence-electron chi connectivity index (χ3n) is 2.96. The van der Waals surface area contributed by atoms with Crippen LogP contribution in [0.5, 0.6) is 0 Å². The van der Waals surface area contributed by atoms with Crippen molar-refractivity contribution in [2.75, 3.05) is 6.54 Å². The number of benzene rings is 2. The van der Waals surface area contributed by atoms with Gasteiger partial charge in [0.2, 0.25) is 0 Å². The Bertz CT molecular complexity index is 619. The summed E-state index contributed by atoms with van der Waals surface area (Å²) in [6.07, 6.45) is 0. The minimum Gasteiger partial charge on any atom is -0.306 e. The quantitative estimate of drug-likeness (QED) is 0.732. The summed E-state index contributed by atoms with van der Waals surface area (Å²) in [5, 5.41) is 4.29. The van der Waals surface area contributed by atoms with Gasteiger partial charge in [-0.2, -0.15) is 0 Å². The van der Waals surface area contributed by atoms with Crippen LogP contribution in [0.15, 0.2) is 40.9 Å². The van der Waals surface area contributed by atoms with Gasteiger partial charge in [0.15, 0.2) is 0 Å². The van der Waals surface area contributed by atoms with E-state index in [0.717, 1.165) is 10.0 Å². The van der Waals surface area contributed by atoms with E-state index in [1.807, 2.05) is 19.1 Å². The summed E-state index contributed by atoms with van der Waals surface area (Å²) in [5.74, 6) is -0.325. The molecule has 0 saturated carbocycles. The second-order valence-corrected chi connectivity index (χ2v) is 6.03. The highest BCUT2D eigenvalue weighted by Gasteiger charge is 2.18. The predicted molar refractivity (Wildman–Crippen MR) is 86.1 cm³/mol. The Balaban J connectivity index is 2.47. The van der Waals surface area contributed by atoms with Crippen molar-refractivity contribution < 1.29 is 4.39 Å². The zero-order chi connectivity index (χ0) is 14.7. The number of halogens is 4. The van der Waals surface area contributed by atoms with Crippen molar-refractivity contribution in [2.24, 2.45) is 0 Å². The molecule has 1 N–H and O–H groups in total. The van der Waals surface area contributed by atoms with E-state index in [0.29, 0.717) is 22.2 Å². The van der Waals surface area contributed by atoms with E-state index in [1.165, 1.54) is 6.07 Å². The van der Waals surface area contributed by atoms with Gasteiger partial charge in [-0.1, -0.05) is 42.3 Å². The lowest BCUT2D eigenvalue weighted by Crippen LogP contribution is -2.23. The van der Waals surface area contributed by atoms with E-state index in [-0.39, 0.29) is 11.9 Å². The molecule has 1 atom stereocenters. The fourth-order valence-electron chi connectivity index (χ4n) is 2.04. The summed E-state index contributed by atoms with van der Waals surface area (Å²) in [4.78, 5) is 0. The van der Waals surface area contributed by atoms with Crippen LogP contribution in [0.3, 0.4) is 0 Å². The van der Waals surface area contributed by atoms with Crippen LogP contribution in [0.2, 0.25) is 10.0 Å². The fourth-order valence-corrected chi connectivity index (χ4v) is 2.71. The lowest BCUT2D eigenvalue weighted by molar-refractivity contribution is 0.559. The van der Waals surface area contributed by atoms with Crippen LogP contribution in [-0.4, -0.2) is 6.54 Å². The number of hydrogen-bond acceptors (Lipinski definition) is 1. The average Bonchev–Trinajstić information content (AvgIpc) is 2.40. The summed E-state index contributed by atoms with van der Waals surface area (Å²) >= 11 is 15.2. The highest BCUT2D eigenvalue weighted by Crippen LogP contribution is 2.31. The number of rotatable bonds is 4. The molecule has 0 amide bonds. The Morgan fingerprint density at radius 3 is 2.55 bits per heavy atom. The van der Waals surface area contributed by atoms with Crippen LogP contribution in [0.25, 0.3) is 0 Å². The smallest absolute Gasteiger partial charge is 0.129 e. The van der Waals surface area contributed by atoms with Gasteiger partial charge in [0, 0.05) is 15.1 Å². The van der Waals surface area contributed by atoms with Gasteiger partial charge in [-0.15, -0.1) is 0 Å². The Kier molecular flexibility index (Phi) is 5.44. The van der Waals surface area contributed by atoms with E-state index in [1.54, 1.807) is 18.2 Å². The largest absolute Gasteiger partial charge is 0.306 e. The molecule has 0 spiro atoms. The molecule has 2 aromatic carbocycles. The van der Waals surface area contributed by atoms with Gasteiger partial charge in [-0.05, 0) is 52.3 Å². The molecule has 2 rings (SSSR count). The monoisotopic (exact) mass is 375 g/mol. The highest BCUT2D eigenvalue weighted by molar-refractivity contribution is 9.10. The SMILES string of the molecule is CCNC(c1ccc(Cl)c(Br)c1)c1ccc(Cl)cc1F. The molecule has 0 aromatic heterocycles. The van der Waals surface area contributed by atoms with Crippen LogP contribution in [0.4, 0.5) is 4.39 Å². The van der Waals surface area contributed by atoms with Crippen molar-refractivity contribution >= 4 is 39.1 Å². The average molecular weight is 377 g/mol. The Hall–Kier alpha value is -0.610. The highest BCUT2D eigenvalue weighted by atomic mass is 79.9. The van der Waals surface area contributed by atoms with Gasteiger partial charge in [-0.25, -0.2) is 4.39 Å². The van der Waals surface area contributed by atoms with E-state index >= 15 is 0 Å². The molecule has 0 heterocycles. The lowest BCUT2D eigenvalue weighted by atomic mass is 9.98. The van der Waals surface area contributed by atoms with Crippen LogP contribution in [-0.2, 0) is 0 Å². The molecule has 20 heavy (non-hydrogen) atoms. The van der Waals surface area contributed by atoms with Crippen molar-refractivity contribution in [3.8, 4) is 0 Å². The molecule has 0 aliphatic carbocycles. The predicted octanol–water partition coefficient (Wildman–Crippen LogP) is 5.59. The molecule has 5 heteroatoms. The van der Waals surface area contributed by atoms with Crippen molar-refractivity contribution in [1.29, 1.82) is 0 Å². The first-order chi connectivity index (χ1) is 9.52. The maximum atomic E-state index is 14.1. The minimum atomic E-state index is -0.325. The van der Waals surface area contributed by atoms with Gasteiger partial charge in [0.1, 0.15) is 5.82 Å². The zero-order valence-corrected chi connectivity index (χ0v) is 13.9. The Labute approximate surface area is 136 Å². The third-order valence-corrected chi connectivity index (χ3v) is 4.41. The summed E-state index contributed by atoms with van der Waals surface area (Å²) in [7, 11) is 0. The molecule has 0 aliphatic heterocycles. The van der Waals surface area contributed by atoms with Crippen molar-refractivity contribution in [3.05, 3.63) is 67.9 Å². The van der Waals surface area contributed by atoms with Crippen molar-refractivity contribution in [1.82, 2.24) is 5.32 Å². The van der Waals surface area contributed by atoms with Crippen LogP contribution >= 0.6 is 39.1 Å². The first-order valence-electron chi connectivity index (χ1n) is 6.16. The van der Waals surface area contributed by atoms with E-state index in [4.69, 9.17) is 23.2 Å². The van der Waals surface area contributed by atoms with Crippen LogP contribution < -0.4 is 5.32 Å². The topological polar surface area (TPSA) is 12.0 Å². The maximum absolute atomic E-state index is 14.1. The van der Waals surface area contributed by atoms with Crippen molar-refractivity contribution in [2.45, 2.75) is 13.0 Å². The molecular weight excluding hydrogens is 364 g/mol. The number of hydrogen-bond donors (Lipinski definition) is 1. The van der Waals surface area contributed by atoms with E-state index in [9.17, 15) is 4.39 Å². The maximum Gasteiger partial charge on any atom is 0.129 e. The molecule has 1 unspecified atom stereocenters. The van der Waals surface area contributed by atoms with Gasteiger partial charge < -0.3 is 5.32 Å². The first-order valence-corrected chi connectivity index (χ1v) is 7.71. The Morgan fingerprint density at radius 2 is 1.95 bits per heavy atom. The molecule has 0 fully saturated rings. The second-order valence-electron chi connectivity index (χ2n) is 4.33. The third kappa shape index (κ3) is 3.53.